The van der Waals surface area contributed by atoms with E-state index in [1.54, 1.807) is 0 Å². The van der Waals surface area contributed by atoms with E-state index in [1.165, 1.54) is 0 Å². The molecule has 0 aliphatic heterocycles. The summed E-state index contributed by atoms with van der Waals surface area (Å²) in [6.07, 6.45) is 1.80. The van der Waals surface area contributed by atoms with Crippen LogP contribution in [0, 0.1) is 0 Å². The van der Waals surface area contributed by atoms with Gasteiger partial charge in [-0.1, -0.05) is 74.0 Å². The largest absolute Gasteiger partial charge is 0.465 e. The van der Waals surface area contributed by atoms with E-state index in [0.717, 1.165) is 24.0 Å². The third-order valence-corrected chi connectivity index (χ3v) is 5.08. The third kappa shape index (κ3) is 5.32. The van der Waals surface area contributed by atoms with Crippen molar-refractivity contribution in [1.82, 2.24) is 0 Å². The standard InChI is InChI=1S/C19H22O3S/c1-2-3-14-22-18(20)15-23(21)19(16-10-6-4-7-11-16)17-12-8-5-9-13-17/h4-13,19H,2-3,14-15H2,1H3. The van der Waals surface area contributed by atoms with Gasteiger partial charge in [0.05, 0.1) is 11.9 Å². The Kier molecular flexibility index (Phi) is 7.01. The molecule has 1 unspecified atom stereocenters. The van der Waals surface area contributed by atoms with Crippen LogP contribution in [0.1, 0.15) is 36.1 Å². The Morgan fingerprint density at radius 2 is 1.52 bits per heavy atom. The summed E-state index contributed by atoms with van der Waals surface area (Å²) in [5, 5.41) is -0.323. The fraction of sp³-hybridized carbons (Fsp3) is 0.316. The lowest BCUT2D eigenvalue weighted by Gasteiger charge is -2.17. The molecule has 0 fully saturated rings. The van der Waals surface area contributed by atoms with Gasteiger partial charge >= 0.3 is 5.97 Å². The molecule has 0 saturated carbocycles. The molecule has 2 aromatic carbocycles. The van der Waals surface area contributed by atoms with E-state index in [9.17, 15) is 9.00 Å². The SMILES string of the molecule is CCCCOC(=O)CS(=O)C(c1ccccc1)c1ccccc1. The molecule has 2 aromatic rings. The molecule has 1 atom stereocenters. The van der Waals surface area contributed by atoms with Crippen LogP contribution in [0.15, 0.2) is 60.7 Å². The van der Waals surface area contributed by atoms with Gasteiger partial charge in [-0.15, -0.1) is 0 Å². The number of ether oxygens (including phenoxy) is 1. The molecule has 23 heavy (non-hydrogen) atoms. The highest BCUT2D eigenvalue weighted by Crippen LogP contribution is 2.28. The average molecular weight is 330 g/mol. The number of carbonyl (C=O) groups is 1. The summed E-state index contributed by atoms with van der Waals surface area (Å²) in [6, 6.07) is 19.3. The molecular weight excluding hydrogens is 308 g/mol. The van der Waals surface area contributed by atoms with Gasteiger partial charge in [0.1, 0.15) is 5.75 Å². The van der Waals surface area contributed by atoms with Gasteiger partial charge in [0, 0.05) is 10.8 Å². The van der Waals surface area contributed by atoms with Crippen molar-refractivity contribution in [3.05, 3.63) is 71.8 Å². The number of hydrogen-bond acceptors (Lipinski definition) is 3. The van der Waals surface area contributed by atoms with Crippen molar-refractivity contribution in [3.63, 3.8) is 0 Å². The molecule has 0 heterocycles. The first-order valence-corrected chi connectivity index (χ1v) is 9.23. The number of unbranched alkanes of at least 4 members (excludes halogenated alkanes) is 1. The number of carbonyl (C=O) groups excluding carboxylic acids is 1. The lowest BCUT2D eigenvalue weighted by atomic mass is 10.0. The zero-order valence-electron chi connectivity index (χ0n) is 13.3. The number of benzene rings is 2. The van der Waals surface area contributed by atoms with Crippen molar-refractivity contribution >= 4 is 16.8 Å². The molecule has 0 aliphatic rings. The van der Waals surface area contributed by atoms with Crippen LogP contribution in [0.25, 0.3) is 0 Å². The molecule has 0 N–H and O–H groups in total. The molecule has 0 radical (unpaired) electrons. The topological polar surface area (TPSA) is 43.4 Å². The summed E-state index contributed by atoms with van der Waals surface area (Å²) < 4.78 is 17.9. The summed E-state index contributed by atoms with van der Waals surface area (Å²) in [5.74, 6) is -0.480. The molecule has 0 bridgehead atoms. The highest BCUT2D eigenvalue weighted by atomic mass is 32.2. The number of rotatable bonds is 8. The molecule has 3 nitrogen and oxygen atoms in total. The zero-order chi connectivity index (χ0) is 16.5. The smallest absolute Gasteiger partial charge is 0.318 e. The quantitative estimate of drug-likeness (QED) is 0.545. The summed E-state index contributed by atoms with van der Waals surface area (Å²) >= 11 is 0. The molecule has 4 heteroatoms. The lowest BCUT2D eigenvalue weighted by molar-refractivity contribution is -0.140. The molecule has 0 amide bonds. The summed E-state index contributed by atoms with van der Waals surface area (Å²) in [7, 11) is -1.37. The first-order chi connectivity index (χ1) is 11.2. The van der Waals surface area contributed by atoms with Gasteiger partial charge in [-0.2, -0.15) is 0 Å². The fourth-order valence-corrected chi connectivity index (χ4v) is 3.73. The molecule has 0 aliphatic carbocycles. The Balaban J connectivity index is 2.15. The third-order valence-electron chi connectivity index (χ3n) is 3.49. The maximum atomic E-state index is 12.8. The maximum Gasteiger partial charge on any atom is 0.318 e. The van der Waals surface area contributed by atoms with Crippen LogP contribution < -0.4 is 0 Å². The minimum atomic E-state index is -1.37. The molecule has 122 valence electrons. The van der Waals surface area contributed by atoms with Gasteiger partial charge in [0.15, 0.2) is 0 Å². The fourth-order valence-electron chi connectivity index (χ4n) is 2.32. The second kappa shape index (κ2) is 9.26. The van der Waals surface area contributed by atoms with E-state index < -0.39 is 16.8 Å². The normalized spacial score (nSPS) is 12.1. The van der Waals surface area contributed by atoms with Crippen LogP contribution in [0.3, 0.4) is 0 Å². The Bertz CT molecular complexity index is 586. The minimum Gasteiger partial charge on any atom is -0.465 e. The summed E-state index contributed by atoms with van der Waals surface area (Å²) in [6.45, 7) is 2.43. The van der Waals surface area contributed by atoms with Crippen LogP contribution >= 0.6 is 0 Å². The van der Waals surface area contributed by atoms with Crippen LogP contribution in [0.5, 0.6) is 0 Å². The van der Waals surface area contributed by atoms with Gasteiger partial charge in [0.2, 0.25) is 0 Å². The van der Waals surface area contributed by atoms with Crippen molar-refractivity contribution in [2.45, 2.75) is 25.0 Å². The van der Waals surface area contributed by atoms with E-state index >= 15 is 0 Å². The van der Waals surface area contributed by atoms with Crippen LogP contribution in [0.2, 0.25) is 0 Å². The first kappa shape index (κ1) is 17.4. The van der Waals surface area contributed by atoms with E-state index in [-0.39, 0.29) is 11.0 Å². The number of esters is 1. The first-order valence-electron chi connectivity index (χ1n) is 7.85. The molecule has 0 saturated heterocycles. The highest BCUT2D eigenvalue weighted by molar-refractivity contribution is 7.86. The van der Waals surface area contributed by atoms with Crippen molar-refractivity contribution in [2.24, 2.45) is 0 Å². The molecule has 0 spiro atoms. The monoisotopic (exact) mass is 330 g/mol. The Hall–Kier alpha value is -1.94. The van der Waals surface area contributed by atoms with Gasteiger partial charge in [-0.3, -0.25) is 9.00 Å². The lowest BCUT2D eigenvalue weighted by Crippen LogP contribution is -2.20. The molecule has 0 aromatic heterocycles. The predicted molar refractivity (Wildman–Crippen MR) is 93.6 cm³/mol. The van der Waals surface area contributed by atoms with Crippen molar-refractivity contribution in [3.8, 4) is 0 Å². The van der Waals surface area contributed by atoms with Gasteiger partial charge in [0.25, 0.3) is 0 Å². The van der Waals surface area contributed by atoms with Crippen LogP contribution in [0.4, 0.5) is 0 Å². The van der Waals surface area contributed by atoms with Crippen molar-refractivity contribution in [2.75, 3.05) is 12.4 Å². The van der Waals surface area contributed by atoms with Crippen molar-refractivity contribution in [1.29, 1.82) is 0 Å². The van der Waals surface area contributed by atoms with Crippen molar-refractivity contribution < 1.29 is 13.7 Å². The van der Waals surface area contributed by atoms with Crippen LogP contribution in [-0.4, -0.2) is 22.5 Å². The van der Waals surface area contributed by atoms with E-state index in [0.29, 0.717) is 6.61 Å². The van der Waals surface area contributed by atoms with Gasteiger partial charge < -0.3 is 4.74 Å². The Morgan fingerprint density at radius 3 is 2.00 bits per heavy atom. The highest BCUT2D eigenvalue weighted by Gasteiger charge is 2.23. The second-order valence-corrected chi connectivity index (χ2v) is 6.82. The average Bonchev–Trinajstić information content (AvgIpc) is 2.57. The number of hydrogen-bond donors (Lipinski definition) is 0. The Morgan fingerprint density at radius 1 is 1.00 bits per heavy atom. The Labute approximate surface area is 140 Å². The van der Waals surface area contributed by atoms with E-state index in [4.69, 9.17) is 4.74 Å². The van der Waals surface area contributed by atoms with E-state index in [1.807, 2.05) is 67.6 Å². The summed E-state index contributed by atoms with van der Waals surface area (Å²) in [5.41, 5.74) is 1.89. The molecular formula is C19H22O3S. The maximum absolute atomic E-state index is 12.8. The zero-order valence-corrected chi connectivity index (χ0v) is 14.1. The van der Waals surface area contributed by atoms with Gasteiger partial charge in [-0.05, 0) is 17.5 Å². The molecule has 2 rings (SSSR count). The van der Waals surface area contributed by atoms with E-state index in [2.05, 4.69) is 0 Å². The van der Waals surface area contributed by atoms with Crippen LogP contribution in [-0.2, 0) is 20.3 Å². The van der Waals surface area contributed by atoms with Gasteiger partial charge in [-0.25, -0.2) is 0 Å². The summed E-state index contributed by atoms with van der Waals surface area (Å²) in [4.78, 5) is 11.9. The predicted octanol–water partition coefficient (Wildman–Crippen LogP) is 3.87. The second-order valence-electron chi connectivity index (χ2n) is 5.30. The minimum absolute atomic E-state index is 0.0851.